The molecule has 0 aromatic rings. The zero-order valence-corrected chi connectivity index (χ0v) is 12.2. The number of hydrogen-bond donors (Lipinski definition) is 4. The summed E-state index contributed by atoms with van der Waals surface area (Å²) < 4.78 is 5.78. The molecule has 4 N–H and O–H groups in total. The number of aliphatic hydroxyl groups excluding tert-OH is 3. The molecule has 1 unspecified atom stereocenters. The predicted molar refractivity (Wildman–Crippen MR) is 71.8 cm³/mol. The lowest BCUT2D eigenvalue weighted by atomic mass is 9.54. The smallest absolute Gasteiger partial charge is 0.0906 e. The van der Waals surface area contributed by atoms with Crippen LogP contribution in [0, 0.1) is 29.1 Å². The van der Waals surface area contributed by atoms with E-state index in [0.29, 0.717) is 6.61 Å². The Kier molecular flexibility index (Phi) is 3.42. The molecule has 3 aliphatic rings. The number of aliphatic hydroxyl groups is 4. The fourth-order valence-corrected chi connectivity index (χ4v) is 5.33. The third-order valence-corrected chi connectivity index (χ3v) is 6.52. The van der Waals surface area contributed by atoms with E-state index < -0.39 is 17.8 Å². The standard InChI is InChI=1S/C15H26O5/c1-14(19,7-17)11-9-6-20-12(11)13(18)15(2)8(5-16)3-4-10(9)15/h8-13,16-19H,3-7H2,1-2H3/t8-,9+,10-,11-,12+,13+,14?,15-/m0/s1. The van der Waals surface area contributed by atoms with Gasteiger partial charge in [-0.1, -0.05) is 6.92 Å². The molecule has 1 aliphatic heterocycles. The highest BCUT2D eigenvalue weighted by Gasteiger charge is 2.67. The molecule has 0 aromatic carbocycles. The SMILES string of the molecule is CC(O)(CO)[C@H]1[C@@H]2CO[C@H]1[C@@H](O)[C@@]1(C)[C@H](CO)CC[C@@H]21. The normalized spacial score (nSPS) is 53.7. The van der Waals surface area contributed by atoms with Crippen LogP contribution in [0.3, 0.4) is 0 Å². The van der Waals surface area contributed by atoms with Gasteiger partial charge in [0.1, 0.15) is 0 Å². The number of fused-ring (bicyclic) bond motifs is 4. The van der Waals surface area contributed by atoms with E-state index in [1.54, 1.807) is 6.92 Å². The molecule has 116 valence electrons. The summed E-state index contributed by atoms with van der Waals surface area (Å²) in [5.41, 5.74) is -1.58. The van der Waals surface area contributed by atoms with Crippen LogP contribution in [0.15, 0.2) is 0 Å². The summed E-state index contributed by atoms with van der Waals surface area (Å²) in [6.45, 7) is 3.97. The van der Waals surface area contributed by atoms with Crippen LogP contribution in [0.1, 0.15) is 26.7 Å². The van der Waals surface area contributed by atoms with Crippen molar-refractivity contribution >= 4 is 0 Å². The van der Waals surface area contributed by atoms with Gasteiger partial charge in [0.2, 0.25) is 0 Å². The Morgan fingerprint density at radius 1 is 1.30 bits per heavy atom. The van der Waals surface area contributed by atoms with E-state index in [9.17, 15) is 20.4 Å². The second-order valence-corrected chi connectivity index (χ2v) is 7.38. The van der Waals surface area contributed by atoms with Gasteiger partial charge in [0, 0.05) is 17.9 Å². The Hall–Kier alpha value is -0.200. The highest BCUT2D eigenvalue weighted by atomic mass is 16.5. The summed E-state index contributed by atoms with van der Waals surface area (Å²) in [6, 6.07) is 0. The fraction of sp³-hybridized carbons (Fsp3) is 1.00. The molecule has 8 atom stereocenters. The van der Waals surface area contributed by atoms with Crippen molar-refractivity contribution < 1.29 is 25.2 Å². The van der Waals surface area contributed by atoms with E-state index in [1.165, 1.54) is 0 Å². The Balaban J connectivity index is 1.98. The molecule has 0 spiro atoms. The first kappa shape index (κ1) is 14.7. The summed E-state index contributed by atoms with van der Waals surface area (Å²) in [5, 5.41) is 40.4. The first-order valence-corrected chi connectivity index (χ1v) is 7.61. The average molecular weight is 286 g/mol. The molecule has 5 heteroatoms. The van der Waals surface area contributed by atoms with Gasteiger partial charge in [-0.15, -0.1) is 0 Å². The maximum absolute atomic E-state index is 10.8. The maximum atomic E-state index is 10.8. The summed E-state index contributed by atoms with van der Waals surface area (Å²) >= 11 is 0. The average Bonchev–Trinajstić information content (AvgIpc) is 2.97. The highest BCUT2D eigenvalue weighted by molar-refractivity contribution is 5.15. The molecule has 20 heavy (non-hydrogen) atoms. The van der Waals surface area contributed by atoms with E-state index >= 15 is 0 Å². The van der Waals surface area contributed by atoms with Crippen LogP contribution in [-0.4, -0.2) is 58.1 Å². The molecule has 0 aromatic heterocycles. The fourth-order valence-electron chi connectivity index (χ4n) is 5.33. The molecular weight excluding hydrogens is 260 g/mol. The lowest BCUT2D eigenvalue weighted by Crippen LogP contribution is -2.61. The summed E-state index contributed by atoms with van der Waals surface area (Å²) in [5.74, 6) is 0.232. The van der Waals surface area contributed by atoms with Gasteiger partial charge in [-0.25, -0.2) is 0 Å². The largest absolute Gasteiger partial charge is 0.396 e. The third-order valence-electron chi connectivity index (χ3n) is 6.52. The van der Waals surface area contributed by atoms with Crippen molar-refractivity contribution in [3.8, 4) is 0 Å². The molecule has 3 rings (SSSR count). The van der Waals surface area contributed by atoms with Gasteiger partial charge in [-0.05, 0) is 37.5 Å². The predicted octanol–water partition coefficient (Wildman–Crippen LogP) is -0.240. The van der Waals surface area contributed by atoms with E-state index in [-0.39, 0.29) is 42.3 Å². The van der Waals surface area contributed by atoms with Gasteiger partial charge in [0.25, 0.3) is 0 Å². The van der Waals surface area contributed by atoms with Crippen molar-refractivity contribution in [1.82, 2.24) is 0 Å². The van der Waals surface area contributed by atoms with Crippen LogP contribution in [0.5, 0.6) is 0 Å². The summed E-state index contributed by atoms with van der Waals surface area (Å²) in [7, 11) is 0. The lowest BCUT2D eigenvalue weighted by Gasteiger charge is -2.52. The van der Waals surface area contributed by atoms with E-state index in [2.05, 4.69) is 6.92 Å². The molecular formula is C15H26O5. The minimum absolute atomic E-state index is 0.0879. The number of rotatable bonds is 3. The molecule has 2 saturated carbocycles. The van der Waals surface area contributed by atoms with E-state index in [0.717, 1.165) is 12.8 Å². The third kappa shape index (κ3) is 1.67. The van der Waals surface area contributed by atoms with Crippen molar-refractivity contribution in [2.24, 2.45) is 29.1 Å². The zero-order chi connectivity index (χ0) is 14.7. The van der Waals surface area contributed by atoms with Gasteiger partial charge < -0.3 is 25.2 Å². The maximum Gasteiger partial charge on any atom is 0.0906 e. The second kappa shape index (κ2) is 4.65. The second-order valence-electron chi connectivity index (χ2n) is 7.38. The minimum Gasteiger partial charge on any atom is -0.396 e. The first-order chi connectivity index (χ1) is 9.37. The Morgan fingerprint density at radius 3 is 2.60 bits per heavy atom. The molecule has 2 bridgehead atoms. The first-order valence-electron chi connectivity index (χ1n) is 7.61. The number of hydrogen-bond acceptors (Lipinski definition) is 5. The Morgan fingerprint density at radius 2 is 2.00 bits per heavy atom. The van der Waals surface area contributed by atoms with Crippen LogP contribution in [0.25, 0.3) is 0 Å². The van der Waals surface area contributed by atoms with E-state index in [4.69, 9.17) is 4.74 Å². The molecule has 0 amide bonds. The minimum atomic E-state index is -1.23. The topological polar surface area (TPSA) is 90.2 Å². The van der Waals surface area contributed by atoms with Gasteiger partial charge in [0.05, 0.1) is 31.0 Å². The quantitative estimate of drug-likeness (QED) is 0.575. The Bertz CT molecular complexity index is 384. The van der Waals surface area contributed by atoms with Crippen LogP contribution < -0.4 is 0 Å². The van der Waals surface area contributed by atoms with E-state index in [1.807, 2.05) is 0 Å². The zero-order valence-electron chi connectivity index (χ0n) is 12.2. The summed E-state index contributed by atoms with van der Waals surface area (Å²) in [6.07, 6.45) is 0.702. The van der Waals surface area contributed by atoms with Crippen LogP contribution in [-0.2, 0) is 4.74 Å². The lowest BCUT2D eigenvalue weighted by molar-refractivity contribution is -0.180. The van der Waals surface area contributed by atoms with Gasteiger partial charge >= 0.3 is 0 Å². The van der Waals surface area contributed by atoms with Crippen LogP contribution in [0.4, 0.5) is 0 Å². The van der Waals surface area contributed by atoms with Crippen molar-refractivity contribution in [3.05, 3.63) is 0 Å². The molecule has 3 fully saturated rings. The van der Waals surface area contributed by atoms with Gasteiger partial charge in [-0.2, -0.15) is 0 Å². The number of ether oxygens (including phenoxy) is 1. The summed E-state index contributed by atoms with van der Waals surface area (Å²) in [4.78, 5) is 0. The van der Waals surface area contributed by atoms with Crippen LogP contribution >= 0.6 is 0 Å². The molecule has 1 saturated heterocycles. The van der Waals surface area contributed by atoms with Crippen molar-refractivity contribution in [2.75, 3.05) is 19.8 Å². The van der Waals surface area contributed by atoms with Gasteiger partial charge in [-0.3, -0.25) is 0 Å². The Labute approximate surface area is 119 Å². The monoisotopic (exact) mass is 286 g/mol. The van der Waals surface area contributed by atoms with Crippen LogP contribution in [0.2, 0.25) is 0 Å². The molecule has 2 aliphatic carbocycles. The molecule has 1 heterocycles. The van der Waals surface area contributed by atoms with Crippen molar-refractivity contribution in [3.63, 3.8) is 0 Å². The van der Waals surface area contributed by atoms with Crippen molar-refractivity contribution in [1.29, 1.82) is 0 Å². The molecule has 5 nitrogen and oxygen atoms in total. The van der Waals surface area contributed by atoms with Crippen molar-refractivity contribution in [2.45, 2.75) is 44.5 Å². The molecule has 0 radical (unpaired) electrons. The highest BCUT2D eigenvalue weighted by Crippen LogP contribution is 2.62. The van der Waals surface area contributed by atoms with Gasteiger partial charge in [0.15, 0.2) is 0 Å².